The van der Waals surface area contributed by atoms with Gasteiger partial charge in [-0.25, -0.2) is 0 Å². The van der Waals surface area contributed by atoms with Crippen molar-refractivity contribution in [2.24, 2.45) is 0 Å². The van der Waals surface area contributed by atoms with Crippen molar-refractivity contribution in [2.45, 2.75) is 125 Å². The number of benzene rings is 3. The topological polar surface area (TPSA) is 346 Å². The van der Waals surface area contributed by atoms with Crippen LogP contribution in [0, 0.1) is 0 Å². The Kier molecular flexibility index (Phi) is 33.2. The van der Waals surface area contributed by atoms with Crippen molar-refractivity contribution in [3.8, 4) is 0 Å². The first-order valence-electron chi connectivity index (χ1n) is 31.0. The smallest absolute Gasteiger partial charge is 0.243 e. The summed E-state index contributed by atoms with van der Waals surface area (Å²) in [7, 11) is 0. The fourth-order valence-corrected chi connectivity index (χ4v) is 13.9. The van der Waals surface area contributed by atoms with E-state index in [4.69, 9.17) is 9.47 Å². The molecule has 0 aliphatic carbocycles. The Morgan fingerprint density at radius 3 is 1.58 bits per heavy atom. The van der Waals surface area contributed by atoms with Gasteiger partial charge in [0.15, 0.2) is 0 Å². The third kappa shape index (κ3) is 24.6. The zero-order valence-electron chi connectivity index (χ0n) is 52.7. The Bertz CT molecular complexity index is 2840. The molecule has 3 aromatic rings. The van der Waals surface area contributed by atoms with Gasteiger partial charge in [-0.15, -0.1) is 35.3 Å². The lowest BCUT2D eigenvalue weighted by molar-refractivity contribution is -0.140. The van der Waals surface area contributed by atoms with Crippen LogP contribution in [-0.2, 0) is 71.8 Å². The lowest BCUT2D eigenvalue weighted by Crippen LogP contribution is -2.50. The maximum Gasteiger partial charge on any atom is 0.243 e. The fourth-order valence-electron chi connectivity index (χ4n) is 9.98. The standard InChI is InChI=1S/C64H88N10O15S3/c1-5-53(77)66-28-17-16-24-48(61(85)69-43(3)40-90-51-38-57(81)73(62(51)86)31-25-54(78)65-6-2)71-56(80)27-34-88-36-37-89-35-30-68-59(83)49(70-44(4)76)41-91-52-39-58(82)74(63(52)87)32-26-55(79)72-50(60(84)67-29-33-75)42-92-64(45-18-10-7-11-19-45,46-20-12-8-13-21-46)47-22-14-9-15-23-47/h7-15,18-23,43,48-52,75H,5-6,16-17,24-42H2,1-4H3,(H,65,78)(H,66,77)(H,67,84)(H,68,83)(H,69,85)(H,70,76)(H,71,80)(H,72,79). The number of carbonyl (C=O) groups excluding carboxylic acids is 12. The number of likely N-dealkylation sites (tertiary alicyclic amines) is 2. The molecule has 502 valence electrons. The predicted molar refractivity (Wildman–Crippen MR) is 350 cm³/mol. The van der Waals surface area contributed by atoms with Gasteiger partial charge in [0, 0.05) is 108 Å². The second-order valence-electron chi connectivity index (χ2n) is 21.7. The van der Waals surface area contributed by atoms with E-state index in [1.165, 1.54) is 30.4 Å². The van der Waals surface area contributed by atoms with Gasteiger partial charge in [-0.05, 0) is 49.8 Å². The van der Waals surface area contributed by atoms with Gasteiger partial charge < -0.3 is 57.1 Å². The van der Waals surface area contributed by atoms with Gasteiger partial charge in [0.2, 0.25) is 70.9 Å². The first kappa shape index (κ1) is 75.4. The molecule has 2 saturated heterocycles. The highest BCUT2D eigenvalue weighted by Gasteiger charge is 2.42. The van der Waals surface area contributed by atoms with Crippen LogP contribution in [0.5, 0.6) is 0 Å². The number of nitrogens with zero attached hydrogens (tertiary/aromatic N) is 2. The van der Waals surface area contributed by atoms with Gasteiger partial charge >= 0.3 is 0 Å². The van der Waals surface area contributed by atoms with Crippen LogP contribution in [0.4, 0.5) is 0 Å². The van der Waals surface area contributed by atoms with E-state index in [-0.39, 0.29) is 133 Å². The van der Waals surface area contributed by atoms with Crippen LogP contribution in [0.25, 0.3) is 0 Å². The first-order chi connectivity index (χ1) is 44.3. The average Bonchev–Trinajstić information content (AvgIpc) is 1.04. The number of thioether (sulfide) groups is 3. The van der Waals surface area contributed by atoms with Crippen molar-refractivity contribution in [1.29, 1.82) is 0 Å². The maximum absolute atomic E-state index is 13.7. The molecule has 28 heteroatoms. The molecule has 0 saturated carbocycles. The maximum atomic E-state index is 13.7. The molecule has 92 heavy (non-hydrogen) atoms. The number of ether oxygens (including phenoxy) is 2. The molecule has 25 nitrogen and oxygen atoms in total. The van der Waals surface area contributed by atoms with Gasteiger partial charge in [-0.1, -0.05) is 97.9 Å². The summed E-state index contributed by atoms with van der Waals surface area (Å²) >= 11 is 3.70. The second kappa shape index (κ2) is 40.6. The van der Waals surface area contributed by atoms with Crippen LogP contribution in [0.3, 0.4) is 0 Å². The Hall–Kier alpha value is -7.37. The molecule has 2 aliphatic heterocycles. The van der Waals surface area contributed by atoms with Gasteiger partial charge in [0.25, 0.3) is 0 Å². The van der Waals surface area contributed by atoms with E-state index in [1.54, 1.807) is 20.8 Å². The fraction of sp³-hybridized carbons (Fsp3) is 0.531. The molecule has 12 amide bonds. The summed E-state index contributed by atoms with van der Waals surface area (Å²) in [6.45, 7) is 6.97. The van der Waals surface area contributed by atoms with Crippen molar-refractivity contribution in [3.05, 3.63) is 108 Å². The van der Waals surface area contributed by atoms with Crippen LogP contribution in [0.2, 0.25) is 0 Å². The van der Waals surface area contributed by atoms with E-state index in [0.717, 1.165) is 38.3 Å². The molecule has 0 radical (unpaired) electrons. The van der Waals surface area contributed by atoms with E-state index >= 15 is 0 Å². The molecule has 2 heterocycles. The summed E-state index contributed by atoms with van der Waals surface area (Å²) in [5, 5.41) is 29.8. The Morgan fingerprint density at radius 1 is 0.543 bits per heavy atom. The number of rotatable bonds is 43. The number of hydrogen-bond donors (Lipinski definition) is 9. The highest BCUT2D eigenvalue weighted by atomic mass is 32.2. The molecule has 0 spiro atoms. The third-order valence-electron chi connectivity index (χ3n) is 14.7. The largest absolute Gasteiger partial charge is 0.395 e. The number of amides is 12. The van der Waals surface area contributed by atoms with E-state index < -0.39 is 86.7 Å². The Balaban J connectivity index is 1.03. The zero-order chi connectivity index (χ0) is 66.8. The predicted octanol–water partition coefficient (Wildman–Crippen LogP) is 1.67. The monoisotopic (exact) mass is 1330 g/mol. The normalized spacial score (nSPS) is 16.1. The van der Waals surface area contributed by atoms with E-state index in [9.17, 15) is 62.6 Å². The zero-order valence-corrected chi connectivity index (χ0v) is 55.1. The molecule has 9 N–H and O–H groups in total. The molecule has 3 aromatic carbocycles. The van der Waals surface area contributed by atoms with Crippen molar-refractivity contribution in [2.75, 3.05) is 89.6 Å². The molecule has 2 fully saturated rings. The number of aliphatic hydroxyl groups excluding tert-OH is 1. The van der Waals surface area contributed by atoms with E-state index in [0.29, 0.717) is 38.1 Å². The van der Waals surface area contributed by atoms with E-state index in [1.807, 2.05) is 91.0 Å². The molecule has 0 aromatic heterocycles. The Morgan fingerprint density at radius 2 is 1.04 bits per heavy atom. The van der Waals surface area contributed by atoms with Crippen LogP contribution in [0.1, 0.15) is 102 Å². The minimum Gasteiger partial charge on any atom is -0.395 e. The van der Waals surface area contributed by atoms with Crippen molar-refractivity contribution in [3.63, 3.8) is 0 Å². The first-order valence-corrected chi connectivity index (χ1v) is 34.1. The molecular weight excluding hydrogens is 1240 g/mol. The minimum atomic E-state index is -1.09. The highest BCUT2D eigenvalue weighted by molar-refractivity contribution is 8.01. The summed E-state index contributed by atoms with van der Waals surface area (Å²) in [6.07, 6.45) is 1.08. The van der Waals surface area contributed by atoms with Crippen LogP contribution in [0.15, 0.2) is 91.0 Å². The third-order valence-corrected chi connectivity index (χ3v) is 19.1. The summed E-state index contributed by atoms with van der Waals surface area (Å²) in [6, 6.07) is 25.9. The lowest BCUT2D eigenvalue weighted by atomic mass is 9.84. The van der Waals surface area contributed by atoms with Crippen molar-refractivity contribution < 1.29 is 72.1 Å². The van der Waals surface area contributed by atoms with Crippen molar-refractivity contribution in [1.82, 2.24) is 52.3 Å². The van der Waals surface area contributed by atoms with Gasteiger partial charge in [0.1, 0.15) is 18.1 Å². The molecule has 2 aliphatic rings. The molecule has 5 rings (SSSR count). The SMILES string of the molecule is CCNC(=O)CCN1C(=O)CC(SCC(C)NC(=O)C(CCCCNC(=O)CC)NC(=O)CCOCCOCCNC(=O)C(CSC2CC(=O)N(CCC(=O)NC(CSC(c3ccccc3)(c3ccccc3)c3ccccc3)C(=O)NCCO)C2=O)NC(C)=O)C1=O. The molecular formula is C64H88N10O15S3. The minimum absolute atomic E-state index is 0.00218. The molecule has 0 bridgehead atoms. The van der Waals surface area contributed by atoms with Gasteiger partial charge in [-0.3, -0.25) is 67.3 Å². The highest BCUT2D eigenvalue weighted by Crippen LogP contribution is 2.48. The van der Waals surface area contributed by atoms with Crippen LogP contribution < -0.4 is 42.5 Å². The van der Waals surface area contributed by atoms with Crippen molar-refractivity contribution >= 4 is 106 Å². The summed E-state index contributed by atoms with van der Waals surface area (Å²) in [5.41, 5.74) is 2.82. The molecule has 6 atom stereocenters. The Labute approximate surface area is 550 Å². The quantitative estimate of drug-likeness (QED) is 0.0221. The second-order valence-corrected chi connectivity index (χ2v) is 25.5. The van der Waals surface area contributed by atoms with Gasteiger partial charge in [-0.2, -0.15) is 0 Å². The van der Waals surface area contributed by atoms with Crippen LogP contribution in [-0.4, -0.2) is 210 Å². The average molecular weight is 1330 g/mol. The summed E-state index contributed by atoms with van der Waals surface area (Å²) in [5.74, 6) is -4.94. The number of nitrogens with one attached hydrogen (secondary N) is 8. The lowest BCUT2D eigenvalue weighted by Gasteiger charge is -2.36. The number of hydrogen-bond acceptors (Lipinski definition) is 18. The van der Waals surface area contributed by atoms with Gasteiger partial charge in [0.05, 0.1) is 48.3 Å². The number of unbranched alkanes of at least 4 members (excludes halogenated alkanes) is 1. The molecule has 6 unspecified atom stereocenters. The van der Waals surface area contributed by atoms with Crippen LogP contribution >= 0.6 is 35.3 Å². The number of imide groups is 2. The summed E-state index contributed by atoms with van der Waals surface area (Å²) < 4.78 is 10.4. The number of carbonyl (C=O) groups is 12. The van der Waals surface area contributed by atoms with E-state index in [2.05, 4.69) is 42.5 Å². The number of aliphatic hydroxyl groups is 1. The summed E-state index contributed by atoms with van der Waals surface area (Å²) in [4.78, 5) is 157.